The van der Waals surface area contributed by atoms with Crippen molar-refractivity contribution in [3.05, 3.63) is 0 Å². The van der Waals surface area contributed by atoms with E-state index >= 15 is 0 Å². The molecule has 0 saturated carbocycles. The second kappa shape index (κ2) is 5.32. The second-order valence-corrected chi connectivity index (χ2v) is 3.90. The SMILES string of the molecule is CCC(NC1CCN(C)C1)C(=O)OC. The number of ether oxygens (including phenoxy) is 1. The van der Waals surface area contributed by atoms with E-state index in [2.05, 4.69) is 17.3 Å². The number of nitrogens with zero attached hydrogens (tertiary/aromatic N) is 1. The highest BCUT2D eigenvalue weighted by molar-refractivity contribution is 5.75. The van der Waals surface area contributed by atoms with Crippen molar-refractivity contribution in [1.29, 1.82) is 0 Å². The lowest BCUT2D eigenvalue weighted by atomic mass is 10.1. The second-order valence-electron chi connectivity index (χ2n) is 3.90. The van der Waals surface area contributed by atoms with Gasteiger partial charge in [-0.2, -0.15) is 0 Å². The van der Waals surface area contributed by atoms with Crippen molar-refractivity contribution < 1.29 is 9.53 Å². The van der Waals surface area contributed by atoms with E-state index in [9.17, 15) is 4.79 Å². The van der Waals surface area contributed by atoms with E-state index in [0.717, 1.165) is 25.9 Å². The summed E-state index contributed by atoms with van der Waals surface area (Å²) in [4.78, 5) is 13.6. The zero-order chi connectivity index (χ0) is 10.6. The van der Waals surface area contributed by atoms with E-state index in [1.54, 1.807) is 0 Å². The molecule has 0 aromatic heterocycles. The molecule has 4 heteroatoms. The lowest BCUT2D eigenvalue weighted by Gasteiger charge is -2.19. The maximum atomic E-state index is 11.3. The first-order chi connectivity index (χ1) is 6.67. The number of methoxy groups -OCH3 is 1. The van der Waals surface area contributed by atoms with Gasteiger partial charge in [0.15, 0.2) is 0 Å². The van der Waals surface area contributed by atoms with Crippen LogP contribution in [0.3, 0.4) is 0 Å². The van der Waals surface area contributed by atoms with Gasteiger partial charge in [0, 0.05) is 12.6 Å². The molecule has 0 spiro atoms. The van der Waals surface area contributed by atoms with E-state index in [1.165, 1.54) is 7.11 Å². The maximum Gasteiger partial charge on any atom is 0.322 e. The molecule has 1 saturated heterocycles. The van der Waals surface area contributed by atoms with Gasteiger partial charge in [0.1, 0.15) is 6.04 Å². The number of nitrogens with one attached hydrogen (secondary N) is 1. The van der Waals surface area contributed by atoms with Gasteiger partial charge in [-0.1, -0.05) is 6.92 Å². The lowest BCUT2D eigenvalue weighted by molar-refractivity contribution is -0.143. The van der Waals surface area contributed by atoms with Crippen LogP contribution in [0.4, 0.5) is 0 Å². The molecule has 1 heterocycles. The number of hydrogen-bond donors (Lipinski definition) is 1. The molecule has 0 aliphatic carbocycles. The van der Waals surface area contributed by atoms with Crippen molar-refractivity contribution in [2.24, 2.45) is 0 Å². The molecule has 2 atom stereocenters. The minimum absolute atomic E-state index is 0.142. The molecule has 14 heavy (non-hydrogen) atoms. The van der Waals surface area contributed by atoms with Crippen LogP contribution in [0.1, 0.15) is 19.8 Å². The van der Waals surface area contributed by atoms with Crippen molar-refractivity contribution in [3.63, 3.8) is 0 Å². The average molecular weight is 200 g/mol. The van der Waals surface area contributed by atoms with Gasteiger partial charge in [0.25, 0.3) is 0 Å². The summed E-state index contributed by atoms with van der Waals surface area (Å²) in [5.74, 6) is -0.151. The Hall–Kier alpha value is -0.610. The van der Waals surface area contributed by atoms with E-state index in [0.29, 0.717) is 6.04 Å². The Kier molecular flexibility index (Phi) is 4.35. The first-order valence-electron chi connectivity index (χ1n) is 5.19. The van der Waals surface area contributed by atoms with E-state index in [4.69, 9.17) is 4.74 Å². The predicted molar refractivity (Wildman–Crippen MR) is 55.1 cm³/mol. The lowest BCUT2D eigenvalue weighted by Crippen LogP contribution is -2.44. The Bertz CT molecular complexity index is 197. The van der Waals surface area contributed by atoms with Gasteiger partial charge in [-0.25, -0.2) is 0 Å². The van der Waals surface area contributed by atoms with E-state index < -0.39 is 0 Å². The Labute approximate surface area is 85.6 Å². The number of esters is 1. The molecule has 1 rings (SSSR count). The molecule has 2 unspecified atom stereocenters. The Morgan fingerprint density at radius 3 is 2.86 bits per heavy atom. The van der Waals surface area contributed by atoms with Crippen LogP contribution in [0.25, 0.3) is 0 Å². The number of hydrogen-bond acceptors (Lipinski definition) is 4. The molecule has 1 N–H and O–H groups in total. The van der Waals surface area contributed by atoms with Gasteiger partial charge >= 0.3 is 5.97 Å². The van der Waals surface area contributed by atoms with Crippen molar-refractivity contribution in [1.82, 2.24) is 10.2 Å². The van der Waals surface area contributed by atoms with Crippen LogP contribution in [-0.2, 0) is 9.53 Å². The highest BCUT2D eigenvalue weighted by atomic mass is 16.5. The highest BCUT2D eigenvalue weighted by Crippen LogP contribution is 2.08. The highest BCUT2D eigenvalue weighted by Gasteiger charge is 2.25. The summed E-state index contributed by atoms with van der Waals surface area (Å²) in [7, 11) is 3.54. The van der Waals surface area contributed by atoms with E-state index in [-0.39, 0.29) is 12.0 Å². The Morgan fingerprint density at radius 1 is 1.71 bits per heavy atom. The van der Waals surface area contributed by atoms with Gasteiger partial charge in [-0.05, 0) is 26.4 Å². The minimum atomic E-state index is -0.151. The quantitative estimate of drug-likeness (QED) is 0.660. The van der Waals surface area contributed by atoms with Gasteiger partial charge in [0.2, 0.25) is 0 Å². The summed E-state index contributed by atoms with van der Waals surface area (Å²) in [6.45, 7) is 4.12. The van der Waals surface area contributed by atoms with E-state index in [1.807, 2.05) is 6.92 Å². The normalized spacial score (nSPS) is 24.9. The topological polar surface area (TPSA) is 41.6 Å². The molecule has 0 bridgehead atoms. The third-order valence-electron chi connectivity index (χ3n) is 2.72. The molecular weight excluding hydrogens is 180 g/mol. The first kappa shape index (κ1) is 11.5. The molecule has 0 aromatic carbocycles. The molecule has 0 amide bonds. The van der Waals surface area contributed by atoms with Gasteiger partial charge in [0.05, 0.1) is 7.11 Å². The minimum Gasteiger partial charge on any atom is -0.468 e. The van der Waals surface area contributed by atoms with Crippen molar-refractivity contribution >= 4 is 5.97 Å². The summed E-state index contributed by atoms with van der Waals surface area (Å²) in [5, 5.41) is 3.33. The predicted octanol–water partition coefficient (Wildman–Crippen LogP) is 0.232. The van der Waals surface area contributed by atoms with Crippen LogP contribution in [-0.4, -0.2) is 50.2 Å². The number of carbonyl (C=O) groups is 1. The van der Waals surface area contributed by atoms with Crippen LogP contribution in [0.5, 0.6) is 0 Å². The summed E-state index contributed by atoms with van der Waals surface area (Å²) < 4.78 is 4.73. The summed E-state index contributed by atoms with van der Waals surface area (Å²) in [6.07, 6.45) is 1.90. The Balaban J connectivity index is 2.36. The molecule has 1 aliphatic rings. The fourth-order valence-electron chi connectivity index (χ4n) is 1.85. The molecule has 0 radical (unpaired) electrons. The number of carbonyl (C=O) groups excluding carboxylic acids is 1. The summed E-state index contributed by atoms with van der Waals surface area (Å²) >= 11 is 0. The third kappa shape index (κ3) is 2.96. The molecule has 0 aromatic rings. The summed E-state index contributed by atoms with van der Waals surface area (Å²) in [6, 6.07) is 0.292. The van der Waals surface area contributed by atoms with Gasteiger partial charge in [-0.15, -0.1) is 0 Å². The standard InChI is InChI=1S/C10H20N2O2/c1-4-9(10(13)14-3)11-8-5-6-12(2)7-8/h8-9,11H,4-7H2,1-3H3. The third-order valence-corrected chi connectivity index (χ3v) is 2.72. The number of likely N-dealkylation sites (N-methyl/N-ethyl adjacent to an activating group) is 1. The zero-order valence-electron chi connectivity index (χ0n) is 9.25. The zero-order valence-corrected chi connectivity index (χ0v) is 9.25. The van der Waals surface area contributed by atoms with Crippen molar-refractivity contribution in [3.8, 4) is 0 Å². The Morgan fingerprint density at radius 2 is 2.43 bits per heavy atom. The summed E-state index contributed by atoms with van der Waals surface area (Å²) in [5.41, 5.74) is 0. The fraction of sp³-hybridized carbons (Fsp3) is 0.900. The number of likely N-dealkylation sites (tertiary alicyclic amines) is 1. The first-order valence-corrected chi connectivity index (χ1v) is 5.19. The molecule has 1 aliphatic heterocycles. The van der Waals surface area contributed by atoms with Crippen molar-refractivity contribution in [2.45, 2.75) is 31.8 Å². The van der Waals surface area contributed by atoms with Crippen molar-refractivity contribution in [2.75, 3.05) is 27.2 Å². The number of rotatable bonds is 4. The molecular formula is C10H20N2O2. The monoisotopic (exact) mass is 200 g/mol. The van der Waals surface area contributed by atoms with Gasteiger partial charge < -0.3 is 15.0 Å². The fourth-order valence-corrected chi connectivity index (χ4v) is 1.85. The molecule has 82 valence electrons. The maximum absolute atomic E-state index is 11.3. The molecule has 4 nitrogen and oxygen atoms in total. The van der Waals surface area contributed by atoms with Crippen LogP contribution >= 0.6 is 0 Å². The van der Waals surface area contributed by atoms with Crippen LogP contribution in [0.2, 0.25) is 0 Å². The largest absolute Gasteiger partial charge is 0.468 e. The van der Waals surface area contributed by atoms with Crippen LogP contribution < -0.4 is 5.32 Å². The van der Waals surface area contributed by atoms with Crippen LogP contribution in [0.15, 0.2) is 0 Å². The smallest absolute Gasteiger partial charge is 0.322 e. The van der Waals surface area contributed by atoms with Gasteiger partial charge in [-0.3, -0.25) is 4.79 Å². The molecule has 1 fully saturated rings. The van der Waals surface area contributed by atoms with Crippen LogP contribution in [0, 0.1) is 0 Å². The average Bonchev–Trinajstić information content (AvgIpc) is 2.59.